The zero-order valence-corrected chi connectivity index (χ0v) is 22.3. The largest absolute Gasteiger partial charge is 0.369 e. The van der Waals surface area contributed by atoms with Gasteiger partial charge in [-0.15, -0.1) is 0 Å². The molecule has 3 N–H and O–H groups in total. The topological polar surface area (TPSA) is 97.8 Å². The minimum Gasteiger partial charge on any atom is -0.369 e. The van der Waals surface area contributed by atoms with Crippen molar-refractivity contribution in [2.45, 2.75) is 31.7 Å². The summed E-state index contributed by atoms with van der Waals surface area (Å²) < 4.78 is 27.0. The lowest BCUT2D eigenvalue weighted by Gasteiger charge is -2.31. The lowest BCUT2D eigenvalue weighted by Crippen LogP contribution is -2.38. The smallest absolute Gasteiger partial charge is 0.272 e. The molecular formula is C28H34F2N8O. The van der Waals surface area contributed by atoms with Crippen LogP contribution in [0.4, 0.5) is 20.3 Å². The third-order valence-corrected chi connectivity index (χ3v) is 7.18. The summed E-state index contributed by atoms with van der Waals surface area (Å²) in [4.78, 5) is 26.0. The molecule has 3 aliphatic rings. The third kappa shape index (κ3) is 6.85. The number of hydrogen-bond donors (Lipinski definition) is 3. The van der Waals surface area contributed by atoms with Crippen LogP contribution in [0.5, 0.6) is 0 Å². The third-order valence-electron chi connectivity index (χ3n) is 7.18. The van der Waals surface area contributed by atoms with E-state index in [1.54, 1.807) is 18.6 Å². The summed E-state index contributed by atoms with van der Waals surface area (Å²) in [5.74, 6) is -2.28. The molecule has 0 aromatic carbocycles. The fourth-order valence-electron chi connectivity index (χ4n) is 4.91. The Balaban J connectivity index is 1.19. The number of fused-ring (bicyclic) bond motifs is 1. The van der Waals surface area contributed by atoms with Gasteiger partial charge in [0.2, 0.25) is 0 Å². The fourth-order valence-corrected chi connectivity index (χ4v) is 4.91. The number of likely N-dealkylation sites (N-methyl/N-ethyl adjacent to an activating group) is 1. The van der Waals surface area contributed by atoms with Gasteiger partial charge < -0.3 is 15.5 Å². The highest BCUT2D eigenvalue weighted by molar-refractivity contribution is 6.44. The molecule has 2 aliphatic heterocycles. The second kappa shape index (κ2) is 11.6. The Kier molecular flexibility index (Phi) is 7.99. The van der Waals surface area contributed by atoms with E-state index in [2.05, 4.69) is 42.1 Å². The Labute approximate surface area is 227 Å². The monoisotopic (exact) mass is 536 g/mol. The van der Waals surface area contributed by atoms with Gasteiger partial charge in [-0.1, -0.05) is 6.08 Å². The summed E-state index contributed by atoms with van der Waals surface area (Å²) in [7, 11) is 4.02. The number of rotatable bonds is 9. The van der Waals surface area contributed by atoms with Gasteiger partial charge in [-0.3, -0.25) is 20.1 Å². The van der Waals surface area contributed by atoms with E-state index in [1.165, 1.54) is 0 Å². The van der Waals surface area contributed by atoms with E-state index in [9.17, 15) is 13.6 Å². The van der Waals surface area contributed by atoms with Crippen LogP contribution in [0.2, 0.25) is 0 Å². The Morgan fingerprint density at radius 1 is 1.18 bits per heavy atom. The summed E-state index contributed by atoms with van der Waals surface area (Å²) in [6, 6.07) is 5.71. The molecule has 1 fully saturated rings. The number of aromatic nitrogens is 2. The van der Waals surface area contributed by atoms with Crippen molar-refractivity contribution >= 4 is 28.7 Å². The number of carbonyl (C=O) groups excluding carboxylic acids is 1. The molecule has 1 unspecified atom stereocenters. The fraction of sp³-hybridized carbons (Fsp3) is 0.429. The van der Waals surface area contributed by atoms with Crippen LogP contribution < -0.4 is 16.1 Å². The number of likely N-dealkylation sites (tertiary alicyclic amines) is 1. The standard InChI is InChI=1S/C28H34F2N8O/c1-37(2)12-9-32-25-6-4-22(17-33-25)34-27(39)26-23-14-20(3-5-24(23)35-36-26)21-13-19(15-31-16-21)18-38-10-7-28(29,30)8-11-38/h3-6,13,15-17,23,35H,7-12,14,18H2,1-2H3,(H,32,33)(H,34,39). The second-order valence-corrected chi connectivity index (χ2v) is 10.5. The van der Waals surface area contributed by atoms with Gasteiger partial charge in [0.25, 0.3) is 11.8 Å². The van der Waals surface area contributed by atoms with Crippen LogP contribution in [0.1, 0.15) is 30.4 Å². The number of hydrogen-bond acceptors (Lipinski definition) is 8. The summed E-state index contributed by atoms with van der Waals surface area (Å²) in [6.07, 6.45) is 9.57. The average Bonchev–Trinajstić information content (AvgIpc) is 3.34. The molecular weight excluding hydrogens is 502 g/mol. The number of amides is 1. The Morgan fingerprint density at radius 3 is 2.74 bits per heavy atom. The van der Waals surface area contributed by atoms with E-state index in [1.807, 2.05) is 43.3 Å². The Bertz CT molecular complexity index is 1280. The number of nitrogens with zero attached hydrogens (tertiary/aromatic N) is 5. The maximum atomic E-state index is 13.5. The molecule has 2 aromatic rings. The minimum atomic E-state index is -2.56. The van der Waals surface area contributed by atoms with E-state index in [0.717, 1.165) is 41.3 Å². The summed E-state index contributed by atoms with van der Waals surface area (Å²) in [5, 5.41) is 10.5. The van der Waals surface area contributed by atoms with Gasteiger partial charge in [0.05, 0.1) is 17.8 Å². The van der Waals surface area contributed by atoms with Gasteiger partial charge in [0.1, 0.15) is 11.5 Å². The quantitative estimate of drug-likeness (QED) is 0.451. The first-order valence-electron chi connectivity index (χ1n) is 13.2. The number of piperidine rings is 1. The van der Waals surface area contributed by atoms with Crippen molar-refractivity contribution in [2.75, 3.05) is 50.9 Å². The van der Waals surface area contributed by atoms with E-state index < -0.39 is 5.92 Å². The number of pyridine rings is 2. The maximum Gasteiger partial charge on any atom is 0.272 e. The van der Waals surface area contributed by atoms with Gasteiger partial charge in [-0.25, -0.2) is 13.8 Å². The van der Waals surface area contributed by atoms with Gasteiger partial charge in [-0.2, -0.15) is 5.10 Å². The molecule has 11 heteroatoms. The molecule has 1 saturated heterocycles. The lowest BCUT2D eigenvalue weighted by atomic mass is 9.85. The van der Waals surface area contributed by atoms with Crippen LogP contribution in [0.3, 0.4) is 0 Å². The first kappa shape index (κ1) is 26.9. The van der Waals surface area contributed by atoms with Crippen molar-refractivity contribution in [1.82, 2.24) is 25.2 Å². The van der Waals surface area contributed by atoms with Crippen molar-refractivity contribution in [3.63, 3.8) is 0 Å². The second-order valence-electron chi connectivity index (χ2n) is 10.5. The molecule has 39 heavy (non-hydrogen) atoms. The predicted molar refractivity (Wildman–Crippen MR) is 148 cm³/mol. The van der Waals surface area contributed by atoms with Crippen molar-refractivity contribution < 1.29 is 13.6 Å². The highest BCUT2D eigenvalue weighted by atomic mass is 19.3. The molecule has 1 amide bonds. The van der Waals surface area contributed by atoms with Gasteiger partial charge in [-0.05, 0) is 61.5 Å². The predicted octanol–water partition coefficient (Wildman–Crippen LogP) is 3.57. The molecule has 206 valence electrons. The van der Waals surface area contributed by atoms with Crippen LogP contribution >= 0.6 is 0 Å². The molecule has 1 aliphatic carbocycles. The average molecular weight is 537 g/mol. The van der Waals surface area contributed by atoms with Crippen LogP contribution in [0, 0.1) is 5.92 Å². The molecule has 9 nitrogen and oxygen atoms in total. The zero-order chi connectivity index (χ0) is 27.4. The molecule has 4 heterocycles. The Hall–Kier alpha value is -3.70. The molecule has 0 radical (unpaired) electrons. The number of alkyl halides is 2. The van der Waals surface area contributed by atoms with E-state index in [-0.39, 0.29) is 24.7 Å². The molecule has 1 atom stereocenters. The lowest BCUT2D eigenvalue weighted by molar-refractivity contribution is -0.110. The Morgan fingerprint density at radius 2 is 2.00 bits per heavy atom. The molecule has 5 rings (SSSR count). The van der Waals surface area contributed by atoms with Crippen molar-refractivity contribution in [3.05, 3.63) is 65.8 Å². The first-order valence-corrected chi connectivity index (χ1v) is 13.2. The van der Waals surface area contributed by atoms with Crippen molar-refractivity contribution in [1.29, 1.82) is 0 Å². The molecule has 0 bridgehead atoms. The normalized spacial score (nSPS) is 20.4. The maximum absolute atomic E-state index is 13.5. The number of halogens is 2. The van der Waals surface area contributed by atoms with Crippen molar-refractivity contribution in [3.8, 4) is 0 Å². The summed E-state index contributed by atoms with van der Waals surface area (Å²) in [6.45, 7) is 3.00. The molecule has 2 aromatic heterocycles. The van der Waals surface area contributed by atoms with Crippen LogP contribution in [0.15, 0.2) is 59.7 Å². The van der Waals surface area contributed by atoms with Crippen LogP contribution in [-0.4, -0.2) is 77.6 Å². The number of allylic oxidation sites excluding steroid dienone is 4. The SMILES string of the molecule is CN(C)CCNc1ccc(NC(=O)C2=NNC3=CC=C(c4cncc(CN5CCC(F)(F)CC5)c4)CC32)cn1. The summed E-state index contributed by atoms with van der Waals surface area (Å²) >= 11 is 0. The minimum absolute atomic E-state index is 0.106. The number of anilines is 2. The number of nitrogens with one attached hydrogen (secondary N) is 3. The summed E-state index contributed by atoms with van der Waals surface area (Å²) in [5.41, 5.74) is 7.86. The number of hydrazone groups is 1. The molecule has 0 saturated carbocycles. The zero-order valence-electron chi connectivity index (χ0n) is 22.3. The van der Waals surface area contributed by atoms with E-state index >= 15 is 0 Å². The number of carbonyl (C=O) groups is 1. The molecule has 0 spiro atoms. The van der Waals surface area contributed by atoms with E-state index in [4.69, 9.17) is 0 Å². The van der Waals surface area contributed by atoms with Crippen LogP contribution in [0.25, 0.3) is 5.57 Å². The van der Waals surface area contributed by atoms with Gasteiger partial charge in [0.15, 0.2) is 0 Å². The van der Waals surface area contributed by atoms with Gasteiger partial charge in [0, 0.05) is 63.7 Å². The highest BCUT2D eigenvalue weighted by Gasteiger charge is 2.35. The van der Waals surface area contributed by atoms with Gasteiger partial charge >= 0.3 is 0 Å². The van der Waals surface area contributed by atoms with Crippen LogP contribution in [-0.2, 0) is 11.3 Å². The van der Waals surface area contributed by atoms with E-state index in [0.29, 0.717) is 37.5 Å². The highest BCUT2D eigenvalue weighted by Crippen LogP contribution is 2.34. The van der Waals surface area contributed by atoms with Crippen molar-refractivity contribution in [2.24, 2.45) is 11.0 Å². The first-order chi connectivity index (χ1) is 18.8.